The number of carbonyl (C=O) groups is 1. The molecule has 0 unspecified atom stereocenters. The van der Waals surface area contributed by atoms with Crippen molar-refractivity contribution in [2.75, 3.05) is 13.1 Å². The number of pyridine rings is 1. The first kappa shape index (κ1) is 24.8. The van der Waals surface area contributed by atoms with E-state index in [1.165, 1.54) is 13.0 Å². The highest BCUT2D eigenvalue weighted by Gasteiger charge is 2.37. The molecule has 1 aliphatic rings. The van der Waals surface area contributed by atoms with Crippen molar-refractivity contribution in [2.24, 2.45) is 0 Å². The summed E-state index contributed by atoms with van der Waals surface area (Å²) in [5.74, 6) is -0.502. The first-order valence-corrected chi connectivity index (χ1v) is 11.4. The largest absolute Gasteiger partial charge is 0.433 e. The number of alkyl halides is 3. The predicted octanol–water partition coefficient (Wildman–Crippen LogP) is 4.24. The van der Waals surface area contributed by atoms with Gasteiger partial charge in [-0.2, -0.15) is 13.2 Å². The third kappa shape index (κ3) is 5.37. The summed E-state index contributed by atoms with van der Waals surface area (Å²) < 4.78 is 47.1. The van der Waals surface area contributed by atoms with Gasteiger partial charge in [-0.3, -0.25) is 9.59 Å². The average molecular weight is 489 g/mol. The molecule has 0 saturated carbocycles. The zero-order valence-electron chi connectivity index (χ0n) is 19.9. The molecule has 1 aliphatic heterocycles. The average Bonchev–Trinajstić information content (AvgIpc) is 2.77. The molecule has 3 aromatic rings. The molecule has 0 aliphatic carbocycles. The maximum atomic E-state index is 13.8. The van der Waals surface area contributed by atoms with Crippen LogP contribution in [0.3, 0.4) is 0 Å². The van der Waals surface area contributed by atoms with Crippen LogP contribution in [0.2, 0.25) is 0 Å². The maximum absolute atomic E-state index is 13.8. The summed E-state index contributed by atoms with van der Waals surface area (Å²) in [5, 5.41) is 0.0142. The number of rotatable bonds is 4. The molecule has 186 valence electrons. The van der Waals surface area contributed by atoms with Gasteiger partial charge in [0.15, 0.2) is 5.65 Å². The van der Waals surface area contributed by atoms with E-state index in [9.17, 15) is 22.8 Å². The molecule has 0 bridgehead atoms. The van der Waals surface area contributed by atoms with E-state index in [1.54, 1.807) is 36.1 Å². The minimum Gasteiger partial charge on any atom is -0.372 e. The van der Waals surface area contributed by atoms with Crippen molar-refractivity contribution in [1.29, 1.82) is 0 Å². The van der Waals surface area contributed by atoms with Crippen LogP contribution in [-0.4, -0.2) is 51.1 Å². The van der Waals surface area contributed by atoms with E-state index in [2.05, 4.69) is 15.0 Å². The van der Waals surface area contributed by atoms with Crippen molar-refractivity contribution in [2.45, 2.75) is 58.4 Å². The molecule has 35 heavy (non-hydrogen) atoms. The fourth-order valence-electron chi connectivity index (χ4n) is 4.57. The van der Waals surface area contributed by atoms with Crippen LogP contribution in [0.15, 0.2) is 35.1 Å². The SMILES string of the molecule is Cc1nc2nc(C(F)(F)F)c([C@@H](C)Cc3ccc(C(=O)N4C[C@@H](C)O[C@@H](C)C4)cc3)cc2c(=O)[nH]1. The number of aromatic amines is 1. The van der Waals surface area contributed by atoms with Crippen LogP contribution in [-0.2, 0) is 17.3 Å². The summed E-state index contributed by atoms with van der Waals surface area (Å²) in [4.78, 5) is 37.1. The highest BCUT2D eigenvalue weighted by molar-refractivity contribution is 5.94. The molecular formula is C25H27F3N4O3. The Bertz CT molecular complexity index is 1290. The van der Waals surface area contributed by atoms with Gasteiger partial charge in [0.05, 0.1) is 17.6 Å². The highest BCUT2D eigenvalue weighted by Crippen LogP contribution is 2.36. The summed E-state index contributed by atoms with van der Waals surface area (Å²) >= 11 is 0. The van der Waals surface area contributed by atoms with Gasteiger partial charge in [0.2, 0.25) is 0 Å². The number of hydrogen-bond donors (Lipinski definition) is 1. The summed E-state index contributed by atoms with van der Waals surface area (Å²) in [6.45, 7) is 7.99. The number of nitrogens with one attached hydrogen (secondary N) is 1. The van der Waals surface area contributed by atoms with Crippen molar-refractivity contribution >= 4 is 16.9 Å². The van der Waals surface area contributed by atoms with Gasteiger partial charge in [-0.1, -0.05) is 19.1 Å². The molecule has 1 amide bonds. The van der Waals surface area contributed by atoms with Crippen LogP contribution in [0.1, 0.15) is 59.7 Å². The summed E-state index contributed by atoms with van der Waals surface area (Å²) in [7, 11) is 0. The molecule has 1 aromatic carbocycles. The third-order valence-electron chi connectivity index (χ3n) is 6.09. The number of aryl methyl sites for hydroxylation is 1. The Morgan fingerprint density at radius 1 is 1.17 bits per heavy atom. The summed E-state index contributed by atoms with van der Waals surface area (Å²) in [6, 6.07) is 8.11. The molecular weight excluding hydrogens is 461 g/mol. The van der Waals surface area contributed by atoms with Gasteiger partial charge in [-0.05, 0) is 62.4 Å². The lowest BCUT2D eigenvalue weighted by atomic mass is 9.91. The van der Waals surface area contributed by atoms with E-state index in [0.717, 1.165) is 5.56 Å². The van der Waals surface area contributed by atoms with Crippen molar-refractivity contribution < 1.29 is 22.7 Å². The van der Waals surface area contributed by atoms with Crippen LogP contribution in [0, 0.1) is 6.92 Å². The smallest absolute Gasteiger partial charge is 0.372 e. The number of hydrogen-bond acceptors (Lipinski definition) is 5. The van der Waals surface area contributed by atoms with Gasteiger partial charge in [0.25, 0.3) is 11.5 Å². The van der Waals surface area contributed by atoms with E-state index in [1.807, 2.05) is 13.8 Å². The lowest BCUT2D eigenvalue weighted by Gasteiger charge is -2.35. The van der Waals surface area contributed by atoms with Gasteiger partial charge < -0.3 is 14.6 Å². The quantitative estimate of drug-likeness (QED) is 0.594. The number of carbonyl (C=O) groups excluding carboxylic acids is 1. The van der Waals surface area contributed by atoms with Crippen LogP contribution < -0.4 is 5.56 Å². The van der Waals surface area contributed by atoms with Gasteiger partial charge in [-0.15, -0.1) is 0 Å². The molecule has 10 heteroatoms. The molecule has 7 nitrogen and oxygen atoms in total. The van der Waals surface area contributed by atoms with Gasteiger partial charge in [0, 0.05) is 18.7 Å². The second-order valence-corrected chi connectivity index (χ2v) is 9.22. The van der Waals surface area contributed by atoms with E-state index in [4.69, 9.17) is 4.74 Å². The van der Waals surface area contributed by atoms with Crippen LogP contribution >= 0.6 is 0 Å². The molecule has 0 radical (unpaired) electrons. The predicted molar refractivity (Wildman–Crippen MR) is 124 cm³/mol. The van der Waals surface area contributed by atoms with Crippen LogP contribution in [0.5, 0.6) is 0 Å². The molecule has 3 atom stereocenters. The number of halogens is 3. The number of fused-ring (bicyclic) bond motifs is 1. The number of amides is 1. The number of nitrogens with zero attached hydrogens (tertiary/aromatic N) is 3. The van der Waals surface area contributed by atoms with Gasteiger partial charge in [-0.25, -0.2) is 9.97 Å². The molecule has 4 rings (SSSR count). The topological polar surface area (TPSA) is 88.2 Å². The van der Waals surface area contributed by atoms with Gasteiger partial charge >= 0.3 is 6.18 Å². The number of morpholine rings is 1. The highest BCUT2D eigenvalue weighted by atomic mass is 19.4. The van der Waals surface area contributed by atoms with E-state index >= 15 is 0 Å². The maximum Gasteiger partial charge on any atom is 0.433 e. The Balaban J connectivity index is 1.59. The molecule has 1 saturated heterocycles. The monoisotopic (exact) mass is 488 g/mol. The van der Waals surface area contributed by atoms with Crippen LogP contribution in [0.25, 0.3) is 11.0 Å². The van der Waals surface area contributed by atoms with Crippen molar-refractivity contribution in [3.05, 3.63) is 68.9 Å². The Morgan fingerprint density at radius 2 is 1.80 bits per heavy atom. The second-order valence-electron chi connectivity index (χ2n) is 9.22. The van der Waals surface area contributed by atoms with Crippen molar-refractivity contribution in [3.8, 4) is 0 Å². The third-order valence-corrected chi connectivity index (χ3v) is 6.09. The van der Waals surface area contributed by atoms with Crippen molar-refractivity contribution in [1.82, 2.24) is 19.9 Å². The Kier molecular flexibility index (Phi) is 6.68. The van der Waals surface area contributed by atoms with Crippen molar-refractivity contribution in [3.63, 3.8) is 0 Å². The molecule has 2 aromatic heterocycles. The minimum absolute atomic E-state index is 0.0142. The molecule has 1 fully saturated rings. The Morgan fingerprint density at radius 3 is 2.40 bits per heavy atom. The lowest BCUT2D eigenvalue weighted by molar-refractivity contribution is -0.141. The first-order chi connectivity index (χ1) is 16.4. The van der Waals surface area contributed by atoms with E-state index < -0.39 is 23.3 Å². The molecule has 1 N–H and O–H groups in total. The normalized spacial score (nSPS) is 19.7. The van der Waals surface area contributed by atoms with Gasteiger partial charge in [0.1, 0.15) is 11.5 Å². The summed E-state index contributed by atoms with van der Waals surface area (Å²) in [6.07, 6.45) is -4.52. The van der Waals surface area contributed by atoms with Crippen LogP contribution in [0.4, 0.5) is 13.2 Å². The molecule has 0 spiro atoms. The number of H-pyrrole nitrogens is 1. The Labute approximate surface area is 200 Å². The number of aromatic nitrogens is 3. The number of benzene rings is 1. The minimum atomic E-state index is -4.70. The Hall–Kier alpha value is -3.27. The first-order valence-electron chi connectivity index (χ1n) is 11.4. The standard InChI is InChI=1S/C25H27F3N4O3/c1-13(19-10-20-22(29-16(4)30-23(20)33)31-21(19)25(26,27)28)9-17-5-7-18(8-6-17)24(34)32-11-14(2)35-15(3)12-32/h5-8,10,13-15H,9,11-12H2,1-4H3,(H,29,30,31,33)/t13-,14-,15+/m0/s1. The summed E-state index contributed by atoms with van der Waals surface area (Å²) in [5.41, 5.74) is -0.600. The van der Waals surface area contributed by atoms with E-state index in [0.29, 0.717) is 18.7 Å². The van der Waals surface area contributed by atoms with E-state index in [-0.39, 0.29) is 47.0 Å². The number of ether oxygens (including phenoxy) is 1. The fourth-order valence-corrected chi connectivity index (χ4v) is 4.57. The second kappa shape index (κ2) is 9.41. The zero-order valence-corrected chi connectivity index (χ0v) is 19.9. The lowest BCUT2D eigenvalue weighted by Crippen LogP contribution is -2.48. The zero-order chi connectivity index (χ0) is 25.5. The molecule has 3 heterocycles. The fraction of sp³-hybridized carbons (Fsp3) is 0.440.